The number of carbonyl (C=O) groups is 3. The van der Waals surface area contributed by atoms with E-state index in [9.17, 15) is 14.4 Å². The number of hydrogen-bond donors (Lipinski definition) is 3. The van der Waals surface area contributed by atoms with Crippen LogP contribution in [0.4, 0.5) is 9.59 Å². The van der Waals surface area contributed by atoms with Crippen molar-refractivity contribution in [3.63, 3.8) is 0 Å². The fourth-order valence-corrected chi connectivity index (χ4v) is 6.92. The summed E-state index contributed by atoms with van der Waals surface area (Å²) < 4.78 is 11.0. The molecule has 1 saturated carbocycles. The smallest absolute Gasteiger partial charge is 0.407 e. The molecule has 259 valence electrons. The molecule has 5 rings (SSSR count). The van der Waals surface area contributed by atoms with Gasteiger partial charge in [-0.25, -0.2) is 9.59 Å². The normalized spacial score (nSPS) is 17.0. The molecule has 1 aliphatic carbocycles. The molecule has 4 atom stereocenters. The number of thioether (sulfide) groups is 1. The van der Waals surface area contributed by atoms with Gasteiger partial charge in [0.05, 0.1) is 29.1 Å². The van der Waals surface area contributed by atoms with Gasteiger partial charge in [-0.3, -0.25) is 14.8 Å². The van der Waals surface area contributed by atoms with Crippen LogP contribution in [0, 0.1) is 0 Å². The SMILES string of the molecule is C[B]OC[C@H](NC(=O)N(CC1CN=CS1)C1CC1)C(=O)N[C@@H](CC[C@@H](Cc1ccccc1)NC(=O)OCc1cncs1)Cc1ccccc1. The minimum Gasteiger partial charge on any atom is -0.444 e. The van der Waals surface area contributed by atoms with Crippen molar-refractivity contribution in [2.24, 2.45) is 4.99 Å². The zero-order valence-corrected chi connectivity index (χ0v) is 29.4. The minimum absolute atomic E-state index is 0.00964. The van der Waals surface area contributed by atoms with Crippen molar-refractivity contribution in [3.05, 3.63) is 88.4 Å². The number of thiazole rings is 1. The third-order valence-corrected chi connectivity index (χ3v) is 10.0. The van der Waals surface area contributed by atoms with Gasteiger partial charge in [0.1, 0.15) is 12.6 Å². The molecule has 2 aromatic carbocycles. The number of benzene rings is 2. The average Bonchev–Trinajstić information content (AvgIpc) is 3.55. The topological polar surface area (TPSA) is 134 Å². The van der Waals surface area contributed by atoms with Crippen LogP contribution in [0.2, 0.25) is 6.82 Å². The lowest BCUT2D eigenvalue weighted by Gasteiger charge is -2.29. The Morgan fingerprint density at radius 3 is 2.20 bits per heavy atom. The first-order valence-electron chi connectivity index (χ1n) is 16.8. The Kier molecular flexibility index (Phi) is 14.4. The van der Waals surface area contributed by atoms with Crippen molar-refractivity contribution in [2.45, 2.75) is 81.4 Å². The largest absolute Gasteiger partial charge is 0.444 e. The number of urea groups is 1. The maximum absolute atomic E-state index is 13.9. The number of hydrogen-bond acceptors (Lipinski definition) is 9. The minimum atomic E-state index is -0.893. The average molecular weight is 704 g/mol. The molecule has 3 aromatic rings. The molecule has 1 radical (unpaired) electrons. The predicted octanol–water partition coefficient (Wildman–Crippen LogP) is 4.86. The zero-order valence-electron chi connectivity index (χ0n) is 27.7. The van der Waals surface area contributed by atoms with Crippen LogP contribution >= 0.6 is 23.1 Å². The van der Waals surface area contributed by atoms with E-state index >= 15 is 0 Å². The van der Waals surface area contributed by atoms with Gasteiger partial charge in [-0.1, -0.05) is 67.5 Å². The number of nitrogens with zero attached hydrogens (tertiary/aromatic N) is 3. The van der Waals surface area contributed by atoms with Gasteiger partial charge in [0.25, 0.3) is 7.48 Å². The molecule has 2 heterocycles. The molecule has 49 heavy (non-hydrogen) atoms. The van der Waals surface area contributed by atoms with Crippen molar-refractivity contribution < 1.29 is 23.8 Å². The molecular weight excluding hydrogens is 659 g/mol. The van der Waals surface area contributed by atoms with Gasteiger partial charge in [-0.2, -0.15) is 0 Å². The van der Waals surface area contributed by atoms with E-state index in [4.69, 9.17) is 9.39 Å². The van der Waals surface area contributed by atoms with Crippen molar-refractivity contribution in [3.8, 4) is 0 Å². The standard InChI is InChI=1S/C35H44BN6O5S2/c1-36-47-22-32(41-34(44)42(29-14-15-29)20-30-18-37-23-48-30)33(43)39-27(16-25-8-4-2-5-9-25)12-13-28(17-26-10-6-3-7-11-26)40-35(45)46-21-31-19-38-24-49-31/h2-11,19,23-24,27-30,32H,12-18,20-22H2,1H3,(H,39,43)(H,40,45)(H,41,44)/t27-,28-,30?,32-/m0/s1. The molecule has 2 aliphatic rings. The van der Waals surface area contributed by atoms with Gasteiger partial charge in [0, 0.05) is 36.1 Å². The number of nitrogens with one attached hydrogen (secondary N) is 3. The van der Waals surface area contributed by atoms with Gasteiger partial charge >= 0.3 is 12.1 Å². The Morgan fingerprint density at radius 2 is 1.63 bits per heavy atom. The summed E-state index contributed by atoms with van der Waals surface area (Å²) in [7, 11) is 1.52. The molecule has 3 N–H and O–H groups in total. The highest BCUT2D eigenvalue weighted by molar-refractivity contribution is 8.12. The van der Waals surface area contributed by atoms with Gasteiger partial charge in [0.15, 0.2) is 0 Å². The second-order valence-corrected chi connectivity index (χ2v) is 14.4. The quantitative estimate of drug-likeness (QED) is 0.152. The lowest BCUT2D eigenvalue weighted by molar-refractivity contribution is -0.124. The molecule has 0 spiro atoms. The van der Waals surface area contributed by atoms with Crippen LogP contribution in [-0.4, -0.2) is 90.1 Å². The number of aromatic nitrogens is 1. The molecule has 11 nitrogen and oxygen atoms in total. The summed E-state index contributed by atoms with van der Waals surface area (Å²) in [6, 6.07) is 18.4. The monoisotopic (exact) mass is 703 g/mol. The van der Waals surface area contributed by atoms with Gasteiger partial charge in [-0.15, -0.1) is 23.1 Å². The molecule has 14 heteroatoms. The Bertz CT molecular complexity index is 1470. The summed E-state index contributed by atoms with van der Waals surface area (Å²) in [5, 5.41) is 9.45. The number of ether oxygens (including phenoxy) is 1. The van der Waals surface area contributed by atoms with E-state index in [1.807, 2.05) is 71.1 Å². The highest BCUT2D eigenvalue weighted by Gasteiger charge is 2.36. The van der Waals surface area contributed by atoms with Gasteiger partial charge in [0.2, 0.25) is 5.91 Å². The van der Waals surface area contributed by atoms with Crippen LogP contribution in [-0.2, 0) is 33.6 Å². The molecule has 1 fully saturated rings. The van der Waals surface area contributed by atoms with E-state index in [1.54, 1.807) is 30.3 Å². The molecule has 1 aromatic heterocycles. The number of alkyl carbamates (subject to hydrolysis) is 1. The molecule has 0 bridgehead atoms. The summed E-state index contributed by atoms with van der Waals surface area (Å²) in [6.45, 7) is 3.16. The maximum atomic E-state index is 13.9. The first kappa shape index (κ1) is 36.4. The second-order valence-electron chi connectivity index (χ2n) is 12.2. The van der Waals surface area contributed by atoms with E-state index in [0.29, 0.717) is 38.8 Å². The molecule has 1 aliphatic heterocycles. The fourth-order valence-electron chi connectivity index (χ4n) is 5.65. The number of rotatable bonds is 19. The summed E-state index contributed by atoms with van der Waals surface area (Å²) in [5.41, 5.74) is 5.69. The van der Waals surface area contributed by atoms with Crippen LogP contribution in [0.15, 0.2) is 77.4 Å². The van der Waals surface area contributed by atoms with Crippen LogP contribution in [0.5, 0.6) is 0 Å². The molecule has 4 amide bonds. The van der Waals surface area contributed by atoms with E-state index in [2.05, 4.69) is 25.9 Å². The lowest BCUT2D eigenvalue weighted by Crippen LogP contribution is -2.56. The van der Waals surface area contributed by atoms with E-state index in [-0.39, 0.29) is 48.5 Å². The third-order valence-electron chi connectivity index (χ3n) is 8.34. The summed E-state index contributed by atoms with van der Waals surface area (Å²) in [4.78, 5) is 51.4. The highest BCUT2D eigenvalue weighted by Crippen LogP contribution is 2.29. The predicted molar refractivity (Wildman–Crippen MR) is 195 cm³/mol. The van der Waals surface area contributed by atoms with Crippen LogP contribution in [0.3, 0.4) is 0 Å². The van der Waals surface area contributed by atoms with Crippen molar-refractivity contribution in [1.29, 1.82) is 0 Å². The number of carbonyl (C=O) groups excluding carboxylic acids is 3. The zero-order chi connectivity index (χ0) is 34.3. The van der Waals surface area contributed by atoms with Gasteiger partial charge < -0.3 is 30.2 Å². The number of amides is 4. The second kappa shape index (κ2) is 19.3. The Hall–Kier alpha value is -3.88. The number of aliphatic imine (C=N–C) groups is 1. The highest BCUT2D eigenvalue weighted by atomic mass is 32.2. The first-order valence-corrected chi connectivity index (χ1v) is 18.6. The van der Waals surface area contributed by atoms with Crippen molar-refractivity contribution >= 4 is 54.2 Å². The summed E-state index contributed by atoms with van der Waals surface area (Å²) in [6.07, 6.45) is 5.42. The van der Waals surface area contributed by atoms with E-state index in [0.717, 1.165) is 28.8 Å². The van der Waals surface area contributed by atoms with Gasteiger partial charge in [-0.05, 0) is 49.7 Å². The lowest BCUT2D eigenvalue weighted by atomic mass is 9.96. The van der Waals surface area contributed by atoms with Crippen LogP contribution < -0.4 is 16.0 Å². The van der Waals surface area contributed by atoms with E-state index < -0.39 is 12.1 Å². The first-order chi connectivity index (χ1) is 24.0. The fraction of sp³-hybridized carbons (Fsp3) is 0.457. The molecule has 0 saturated heterocycles. The Labute approximate surface area is 297 Å². The van der Waals surface area contributed by atoms with E-state index in [1.165, 1.54) is 18.8 Å². The van der Waals surface area contributed by atoms with Crippen molar-refractivity contribution in [1.82, 2.24) is 25.8 Å². The summed E-state index contributed by atoms with van der Waals surface area (Å²) >= 11 is 3.07. The Balaban J connectivity index is 1.25. The molecular formula is C35H44BN6O5S2. The van der Waals surface area contributed by atoms with Crippen LogP contribution in [0.1, 0.15) is 41.7 Å². The Morgan fingerprint density at radius 1 is 0.959 bits per heavy atom. The van der Waals surface area contributed by atoms with Crippen molar-refractivity contribution in [2.75, 3.05) is 19.7 Å². The summed E-state index contributed by atoms with van der Waals surface area (Å²) in [5.74, 6) is -0.318. The third kappa shape index (κ3) is 12.5. The maximum Gasteiger partial charge on any atom is 0.407 e. The van der Waals surface area contributed by atoms with Crippen LogP contribution in [0.25, 0.3) is 0 Å². The molecule has 1 unspecified atom stereocenters.